The SMILES string of the molecule is CCCCCCCC(NN)c1cncc(OCCC)c1. The lowest BCUT2D eigenvalue weighted by Crippen LogP contribution is -2.28. The highest BCUT2D eigenvalue weighted by molar-refractivity contribution is 5.25. The monoisotopic (exact) mass is 279 g/mol. The van der Waals surface area contributed by atoms with Crippen LogP contribution in [0.4, 0.5) is 0 Å². The summed E-state index contributed by atoms with van der Waals surface area (Å²) in [6.45, 7) is 5.05. The van der Waals surface area contributed by atoms with Crippen LogP contribution in [0.2, 0.25) is 0 Å². The van der Waals surface area contributed by atoms with E-state index in [9.17, 15) is 0 Å². The minimum Gasteiger partial charge on any atom is -0.492 e. The summed E-state index contributed by atoms with van der Waals surface area (Å²) in [6.07, 6.45) is 12.0. The quantitative estimate of drug-likeness (QED) is 0.368. The van der Waals surface area contributed by atoms with Crippen molar-refractivity contribution in [2.24, 2.45) is 5.84 Å². The van der Waals surface area contributed by atoms with E-state index in [0.29, 0.717) is 0 Å². The normalized spacial score (nSPS) is 12.3. The Labute approximate surface area is 123 Å². The Kier molecular flexibility index (Phi) is 9.00. The molecule has 0 radical (unpaired) electrons. The zero-order valence-electron chi connectivity index (χ0n) is 12.9. The molecule has 1 rings (SSSR count). The molecule has 4 heteroatoms. The molecule has 0 saturated carbocycles. The van der Waals surface area contributed by atoms with E-state index in [-0.39, 0.29) is 6.04 Å². The van der Waals surface area contributed by atoms with E-state index < -0.39 is 0 Å². The number of nitrogens with two attached hydrogens (primary N) is 1. The number of nitrogens with one attached hydrogen (secondary N) is 1. The molecule has 1 heterocycles. The molecular weight excluding hydrogens is 250 g/mol. The molecule has 114 valence electrons. The largest absolute Gasteiger partial charge is 0.492 e. The summed E-state index contributed by atoms with van der Waals surface area (Å²) in [4.78, 5) is 4.24. The number of hydrogen-bond donors (Lipinski definition) is 2. The van der Waals surface area contributed by atoms with Crippen molar-refractivity contribution in [1.82, 2.24) is 10.4 Å². The van der Waals surface area contributed by atoms with Crippen LogP contribution in [0.3, 0.4) is 0 Å². The van der Waals surface area contributed by atoms with Gasteiger partial charge in [-0.3, -0.25) is 16.3 Å². The van der Waals surface area contributed by atoms with Gasteiger partial charge in [0.2, 0.25) is 0 Å². The average molecular weight is 279 g/mol. The van der Waals surface area contributed by atoms with Crippen molar-refractivity contribution in [2.45, 2.75) is 64.8 Å². The molecule has 20 heavy (non-hydrogen) atoms. The molecule has 0 aromatic carbocycles. The summed E-state index contributed by atoms with van der Waals surface area (Å²) in [5, 5.41) is 0. The molecule has 0 aliphatic carbocycles. The van der Waals surface area contributed by atoms with E-state index in [1.54, 1.807) is 6.20 Å². The summed E-state index contributed by atoms with van der Waals surface area (Å²) < 4.78 is 5.62. The molecule has 1 atom stereocenters. The fraction of sp³-hybridized carbons (Fsp3) is 0.688. The molecule has 0 aliphatic rings. The zero-order chi connectivity index (χ0) is 14.6. The molecule has 0 saturated heterocycles. The maximum atomic E-state index is 5.68. The van der Waals surface area contributed by atoms with Gasteiger partial charge in [0.05, 0.1) is 12.8 Å². The Balaban J connectivity index is 2.47. The van der Waals surface area contributed by atoms with Gasteiger partial charge < -0.3 is 4.74 Å². The lowest BCUT2D eigenvalue weighted by Gasteiger charge is -2.16. The number of ether oxygens (including phenoxy) is 1. The topological polar surface area (TPSA) is 60.2 Å². The number of aromatic nitrogens is 1. The first-order valence-corrected chi connectivity index (χ1v) is 7.85. The van der Waals surface area contributed by atoms with Crippen LogP contribution >= 0.6 is 0 Å². The van der Waals surface area contributed by atoms with Crippen LogP contribution in [0.15, 0.2) is 18.5 Å². The van der Waals surface area contributed by atoms with Crippen LogP contribution in [0, 0.1) is 0 Å². The number of hydrazine groups is 1. The highest BCUT2D eigenvalue weighted by Crippen LogP contribution is 2.22. The molecule has 1 unspecified atom stereocenters. The van der Waals surface area contributed by atoms with Crippen molar-refractivity contribution in [3.63, 3.8) is 0 Å². The molecule has 0 spiro atoms. The molecule has 1 aromatic rings. The van der Waals surface area contributed by atoms with E-state index >= 15 is 0 Å². The summed E-state index contributed by atoms with van der Waals surface area (Å²) >= 11 is 0. The molecule has 1 aromatic heterocycles. The standard InChI is InChI=1S/C16H29N3O/c1-3-5-6-7-8-9-16(19-17)14-11-15(13-18-12-14)20-10-4-2/h11-13,16,19H,3-10,17H2,1-2H3. The molecule has 0 amide bonds. The Morgan fingerprint density at radius 1 is 1.15 bits per heavy atom. The predicted molar refractivity (Wildman–Crippen MR) is 83.5 cm³/mol. The summed E-state index contributed by atoms with van der Waals surface area (Å²) in [7, 11) is 0. The van der Waals surface area contributed by atoms with Crippen LogP contribution in [0.25, 0.3) is 0 Å². The second-order valence-electron chi connectivity index (χ2n) is 5.22. The van der Waals surface area contributed by atoms with Gasteiger partial charge in [0.25, 0.3) is 0 Å². The first-order chi connectivity index (χ1) is 9.81. The minimum absolute atomic E-state index is 0.161. The number of hydrogen-bond acceptors (Lipinski definition) is 4. The fourth-order valence-corrected chi connectivity index (χ4v) is 2.22. The number of nitrogens with zero attached hydrogens (tertiary/aromatic N) is 1. The van der Waals surface area contributed by atoms with Gasteiger partial charge in [-0.1, -0.05) is 46.0 Å². The Bertz CT molecular complexity index is 357. The van der Waals surface area contributed by atoms with Crippen LogP contribution in [-0.4, -0.2) is 11.6 Å². The van der Waals surface area contributed by atoms with Gasteiger partial charge in [0.15, 0.2) is 0 Å². The predicted octanol–water partition coefficient (Wildman–Crippen LogP) is 3.74. The zero-order valence-corrected chi connectivity index (χ0v) is 12.9. The van der Waals surface area contributed by atoms with Crippen molar-refractivity contribution >= 4 is 0 Å². The lowest BCUT2D eigenvalue weighted by molar-refractivity contribution is 0.315. The summed E-state index contributed by atoms with van der Waals surface area (Å²) in [5.41, 5.74) is 4.00. The maximum absolute atomic E-state index is 5.68. The third-order valence-electron chi connectivity index (χ3n) is 3.41. The maximum Gasteiger partial charge on any atom is 0.137 e. The number of pyridine rings is 1. The van der Waals surface area contributed by atoms with Gasteiger partial charge >= 0.3 is 0 Å². The summed E-state index contributed by atoms with van der Waals surface area (Å²) in [6, 6.07) is 2.20. The smallest absolute Gasteiger partial charge is 0.137 e. The first kappa shape index (κ1) is 16.9. The van der Waals surface area contributed by atoms with Crippen LogP contribution in [0.1, 0.15) is 70.4 Å². The Morgan fingerprint density at radius 3 is 2.65 bits per heavy atom. The van der Waals surface area contributed by atoms with Crippen molar-refractivity contribution in [3.8, 4) is 5.75 Å². The molecular formula is C16H29N3O. The molecule has 0 aliphatic heterocycles. The van der Waals surface area contributed by atoms with Crippen molar-refractivity contribution in [1.29, 1.82) is 0 Å². The highest BCUT2D eigenvalue weighted by Gasteiger charge is 2.10. The van der Waals surface area contributed by atoms with Crippen molar-refractivity contribution in [2.75, 3.05) is 6.61 Å². The van der Waals surface area contributed by atoms with E-state index in [0.717, 1.165) is 30.8 Å². The van der Waals surface area contributed by atoms with E-state index in [1.165, 1.54) is 32.1 Å². The van der Waals surface area contributed by atoms with E-state index in [2.05, 4.69) is 24.3 Å². The Hall–Kier alpha value is -1.13. The average Bonchev–Trinajstić information content (AvgIpc) is 2.49. The second-order valence-corrected chi connectivity index (χ2v) is 5.22. The minimum atomic E-state index is 0.161. The third-order valence-corrected chi connectivity index (χ3v) is 3.41. The van der Waals surface area contributed by atoms with Crippen LogP contribution in [0.5, 0.6) is 5.75 Å². The van der Waals surface area contributed by atoms with Crippen LogP contribution in [-0.2, 0) is 0 Å². The van der Waals surface area contributed by atoms with Gasteiger partial charge in [0, 0.05) is 12.2 Å². The molecule has 4 nitrogen and oxygen atoms in total. The van der Waals surface area contributed by atoms with E-state index in [1.807, 2.05) is 12.3 Å². The fourth-order valence-electron chi connectivity index (χ4n) is 2.22. The molecule has 0 fully saturated rings. The Morgan fingerprint density at radius 2 is 1.95 bits per heavy atom. The van der Waals surface area contributed by atoms with Crippen LogP contribution < -0.4 is 16.0 Å². The van der Waals surface area contributed by atoms with Gasteiger partial charge in [0.1, 0.15) is 5.75 Å². The van der Waals surface area contributed by atoms with Gasteiger partial charge in [-0.25, -0.2) is 0 Å². The van der Waals surface area contributed by atoms with Crippen molar-refractivity contribution in [3.05, 3.63) is 24.0 Å². The van der Waals surface area contributed by atoms with Gasteiger partial charge in [-0.05, 0) is 24.5 Å². The number of rotatable bonds is 11. The van der Waals surface area contributed by atoms with Crippen molar-refractivity contribution < 1.29 is 4.74 Å². The third kappa shape index (κ3) is 6.35. The van der Waals surface area contributed by atoms with Gasteiger partial charge in [-0.2, -0.15) is 0 Å². The van der Waals surface area contributed by atoms with Gasteiger partial charge in [-0.15, -0.1) is 0 Å². The second kappa shape index (κ2) is 10.6. The molecule has 3 N–H and O–H groups in total. The first-order valence-electron chi connectivity index (χ1n) is 7.85. The number of unbranched alkanes of at least 4 members (excludes halogenated alkanes) is 4. The highest BCUT2D eigenvalue weighted by atomic mass is 16.5. The van der Waals surface area contributed by atoms with E-state index in [4.69, 9.17) is 10.6 Å². The summed E-state index contributed by atoms with van der Waals surface area (Å²) in [5.74, 6) is 6.51. The lowest BCUT2D eigenvalue weighted by atomic mass is 10.0. The molecule has 0 bridgehead atoms.